The van der Waals surface area contributed by atoms with Gasteiger partial charge in [0.1, 0.15) is 0 Å². The third-order valence-corrected chi connectivity index (χ3v) is 1.96. The quantitative estimate of drug-likeness (QED) is 0.620. The molecule has 84 valence electrons. The van der Waals surface area contributed by atoms with Gasteiger partial charge >= 0.3 is 5.97 Å². The summed E-state index contributed by atoms with van der Waals surface area (Å²) in [6.45, 7) is 10.7. The fourth-order valence-corrected chi connectivity index (χ4v) is 1.10. The highest BCUT2D eigenvalue weighted by atomic mass is 16.5. The molecule has 0 aliphatic carbocycles. The number of ether oxygens (including phenoxy) is 2. The van der Waals surface area contributed by atoms with Gasteiger partial charge in [0.15, 0.2) is 0 Å². The lowest BCUT2D eigenvalue weighted by atomic mass is 9.97. The largest absolute Gasteiger partial charge is 0.463 e. The highest BCUT2D eigenvalue weighted by Crippen LogP contribution is 2.14. The molecule has 0 amide bonds. The van der Waals surface area contributed by atoms with Crippen molar-refractivity contribution in [3.8, 4) is 0 Å². The smallest absolute Gasteiger partial charge is 0.311 e. The molecule has 0 spiro atoms. The zero-order valence-electron chi connectivity index (χ0n) is 9.87. The Bertz CT molecular complexity index is 164. The van der Waals surface area contributed by atoms with Crippen LogP contribution in [-0.4, -0.2) is 25.3 Å². The van der Waals surface area contributed by atoms with E-state index in [0.29, 0.717) is 13.2 Å². The van der Waals surface area contributed by atoms with Gasteiger partial charge in [-0.3, -0.25) is 4.79 Å². The van der Waals surface area contributed by atoms with E-state index in [1.807, 2.05) is 34.6 Å². The van der Waals surface area contributed by atoms with Crippen LogP contribution in [-0.2, 0) is 14.3 Å². The Morgan fingerprint density at radius 2 is 1.79 bits per heavy atom. The molecular formula is C11H22O3. The van der Waals surface area contributed by atoms with E-state index in [9.17, 15) is 4.79 Å². The van der Waals surface area contributed by atoms with Gasteiger partial charge in [-0.15, -0.1) is 0 Å². The summed E-state index contributed by atoms with van der Waals surface area (Å²) in [6.07, 6.45) is -0.0506. The summed E-state index contributed by atoms with van der Waals surface area (Å²) in [5.41, 5.74) is 0. The molecule has 0 saturated heterocycles. The van der Waals surface area contributed by atoms with Crippen LogP contribution in [0, 0.1) is 11.8 Å². The van der Waals surface area contributed by atoms with Crippen LogP contribution >= 0.6 is 0 Å². The Morgan fingerprint density at radius 3 is 2.14 bits per heavy atom. The number of hydrogen-bond acceptors (Lipinski definition) is 3. The second kappa shape index (κ2) is 6.82. The molecule has 0 bridgehead atoms. The maximum atomic E-state index is 11.6. The van der Waals surface area contributed by atoms with Crippen LogP contribution in [0.2, 0.25) is 0 Å². The maximum Gasteiger partial charge on any atom is 0.311 e. The molecule has 0 aromatic carbocycles. The number of esters is 1. The summed E-state index contributed by atoms with van der Waals surface area (Å²) in [4.78, 5) is 11.6. The molecule has 0 aromatic rings. The first-order valence-corrected chi connectivity index (χ1v) is 5.27. The van der Waals surface area contributed by atoms with Crippen molar-refractivity contribution in [2.75, 3.05) is 13.2 Å². The monoisotopic (exact) mass is 202 g/mol. The normalized spacial score (nSPS) is 13.4. The van der Waals surface area contributed by atoms with Gasteiger partial charge in [-0.05, 0) is 26.7 Å². The van der Waals surface area contributed by atoms with Crippen LogP contribution in [0.1, 0.15) is 34.6 Å². The Balaban J connectivity index is 4.11. The average Bonchev–Trinajstić information content (AvgIpc) is 2.02. The van der Waals surface area contributed by atoms with Crippen LogP contribution in [0.15, 0.2) is 0 Å². The minimum Gasteiger partial charge on any atom is -0.463 e. The predicted molar refractivity (Wildman–Crippen MR) is 56.0 cm³/mol. The molecule has 1 atom stereocenters. The predicted octanol–water partition coefficient (Wildman–Crippen LogP) is 2.25. The molecule has 0 fully saturated rings. The van der Waals surface area contributed by atoms with Crippen molar-refractivity contribution in [1.82, 2.24) is 0 Å². The first-order chi connectivity index (χ1) is 6.49. The molecule has 3 nitrogen and oxygen atoms in total. The molecule has 0 heterocycles. The van der Waals surface area contributed by atoms with Gasteiger partial charge in [0.2, 0.25) is 0 Å². The Kier molecular flexibility index (Phi) is 6.54. The van der Waals surface area contributed by atoms with Gasteiger partial charge in [0.25, 0.3) is 0 Å². The van der Waals surface area contributed by atoms with Crippen LogP contribution in [0.5, 0.6) is 0 Å². The third-order valence-electron chi connectivity index (χ3n) is 1.96. The summed E-state index contributed by atoms with van der Waals surface area (Å²) >= 11 is 0. The number of hydrogen-bond donors (Lipinski definition) is 0. The Morgan fingerprint density at radius 1 is 1.21 bits per heavy atom. The first kappa shape index (κ1) is 13.4. The van der Waals surface area contributed by atoms with E-state index in [-0.39, 0.29) is 23.9 Å². The van der Waals surface area contributed by atoms with E-state index in [0.717, 1.165) is 0 Å². The lowest BCUT2D eigenvalue weighted by Crippen LogP contribution is -2.29. The molecule has 14 heavy (non-hydrogen) atoms. The van der Waals surface area contributed by atoms with E-state index in [1.54, 1.807) is 0 Å². The third kappa shape index (κ3) is 5.22. The molecule has 0 aromatic heterocycles. The van der Waals surface area contributed by atoms with E-state index >= 15 is 0 Å². The second-order valence-corrected chi connectivity index (χ2v) is 4.00. The molecule has 0 N–H and O–H groups in total. The fraction of sp³-hybridized carbons (Fsp3) is 0.909. The van der Waals surface area contributed by atoms with Crippen molar-refractivity contribution < 1.29 is 14.3 Å². The molecule has 0 aliphatic rings. The zero-order valence-corrected chi connectivity index (χ0v) is 9.87. The summed E-state index contributed by atoms with van der Waals surface area (Å²) in [7, 11) is 0. The van der Waals surface area contributed by atoms with Gasteiger partial charge in [-0.2, -0.15) is 0 Å². The van der Waals surface area contributed by atoms with E-state index < -0.39 is 0 Å². The lowest BCUT2D eigenvalue weighted by Gasteiger charge is -2.20. The van der Waals surface area contributed by atoms with Gasteiger partial charge in [0, 0.05) is 6.61 Å². The molecule has 3 heteroatoms. The van der Waals surface area contributed by atoms with Crippen molar-refractivity contribution in [3.63, 3.8) is 0 Å². The van der Waals surface area contributed by atoms with Crippen LogP contribution in [0.4, 0.5) is 0 Å². The highest BCUT2D eigenvalue weighted by molar-refractivity contribution is 5.73. The van der Waals surface area contributed by atoms with Gasteiger partial charge in [0.05, 0.1) is 18.6 Å². The van der Waals surface area contributed by atoms with E-state index in [1.165, 1.54) is 0 Å². The van der Waals surface area contributed by atoms with Crippen molar-refractivity contribution in [1.29, 1.82) is 0 Å². The standard InChI is InChI=1S/C11H22O3/c1-6-13-7-10(8(2)3)11(12)14-9(4)5/h8-10H,6-7H2,1-5H3. The summed E-state index contributed by atoms with van der Waals surface area (Å²) in [5, 5.41) is 0. The topological polar surface area (TPSA) is 35.5 Å². The lowest BCUT2D eigenvalue weighted by molar-refractivity contribution is -0.156. The summed E-state index contributed by atoms with van der Waals surface area (Å²) < 4.78 is 10.4. The summed E-state index contributed by atoms with van der Waals surface area (Å²) in [6, 6.07) is 0. The van der Waals surface area contributed by atoms with E-state index in [4.69, 9.17) is 9.47 Å². The number of carbonyl (C=O) groups excluding carboxylic acids is 1. The van der Waals surface area contributed by atoms with Crippen molar-refractivity contribution >= 4 is 5.97 Å². The Labute approximate surface area is 86.8 Å². The molecule has 0 aliphatic heterocycles. The molecular weight excluding hydrogens is 180 g/mol. The number of rotatable bonds is 6. The van der Waals surface area contributed by atoms with Crippen LogP contribution in [0.3, 0.4) is 0 Å². The fourth-order valence-electron chi connectivity index (χ4n) is 1.10. The Hall–Kier alpha value is -0.570. The minimum atomic E-state index is -0.150. The highest BCUT2D eigenvalue weighted by Gasteiger charge is 2.24. The molecule has 0 rings (SSSR count). The second-order valence-electron chi connectivity index (χ2n) is 4.00. The van der Waals surface area contributed by atoms with Crippen molar-refractivity contribution in [2.45, 2.75) is 40.7 Å². The zero-order chi connectivity index (χ0) is 11.1. The van der Waals surface area contributed by atoms with E-state index in [2.05, 4.69) is 0 Å². The van der Waals surface area contributed by atoms with Crippen molar-refractivity contribution in [3.05, 3.63) is 0 Å². The van der Waals surface area contributed by atoms with Gasteiger partial charge in [-0.25, -0.2) is 0 Å². The number of carbonyl (C=O) groups is 1. The molecule has 0 radical (unpaired) electrons. The molecule has 0 saturated carbocycles. The SMILES string of the molecule is CCOCC(C(=O)OC(C)C)C(C)C. The van der Waals surface area contributed by atoms with Gasteiger partial charge < -0.3 is 9.47 Å². The first-order valence-electron chi connectivity index (χ1n) is 5.27. The maximum absolute atomic E-state index is 11.6. The minimum absolute atomic E-state index is 0.0506. The van der Waals surface area contributed by atoms with Crippen molar-refractivity contribution in [2.24, 2.45) is 11.8 Å². The molecule has 1 unspecified atom stereocenters. The summed E-state index contributed by atoms with van der Waals surface area (Å²) in [5.74, 6) is -0.0337. The van der Waals surface area contributed by atoms with Crippen LogP contribution < -0.4 is 0 Å². The average molecular weight is 202 g/mol. The van der Waals surface area contributed by atoms with Gasteiger partial charge in [-0.1, -0.05) is 13.8 Å². The van der Waals surface area contributed by atoms with Crippen LogP contribution in [0.25, 0.3) is 0 Å².